The first-order valence-electron chi connectivity index (χ1n) is 12.0. The summed E-state index contributed by atoms with van der Waals surface area (Å²) in [5, 5.41) is 7.78. The molecule has 2 aromatic carbocycles. The van der Waals surface area contributed by atoms with Crippen LogP contribution in [0.25, 0.3) is 21.9 Å². The van der Waals surface area contributed by atoms with Crippen LogP contribution in [-0.4, -0.2) is 30.2 Å². The number of fused-ring (bicyclic) bond motifs is 3. The first kappa shape index (κ1) is 23.5. The van der Waals surface area contributed by atoms with Crippen LogP contribution < -0.4 is 10.9 Å². The predicted octanol–water partition coefficient (Wildman–Crippen LogP) is 4.30. The number of hydrogen-bond acceptors (Lipinski definition) is 6. The highest BCUT2D eigenvalue weighted by molar-refractivity contribution is 6.06. The molecule has 3 heterocycles. The number of nitrogens with one attached hydrogen (secondary N) is 1. The van der Waals surface area contributed by atoms with Gasteiger partial charge < -0.3 is 14.4 Å². The molecule has 5 rings (SSSR count). The van der Waals surface area contributed by atoms with Crippen LogP contribution in [0.1, 0.15) is 41.8 Å². The van der Waals surface area contributed by atoms with E-state index in [9.17, 15) is 9.59 Å². The second kappa shape index (κ2) is 9.41. The Balaban J connectivity index is 1.56. The molecule has 36 heavy (non-hydrogen) atoms. The third kappa shape index (κ3) is 4.39. The summed E-state index contributed by atoms with van der Waals surface area (Å²) in [6, 6.07) is 11.7. The smallest absolute Gasteiger partial charge is 0.278 e. The van der Waals surface area contributed by atoms with E-state index < -0.39 is 0 Å². The average molecular weight is 485 g/mol. The highest BCUT2D eigenvalue weighted by atomic mass is 16.5. The van der Waals surface area contributed by atoms with Gasteiger partial charge in [-0.1, -0.05) is 41.4 Å². The molecule has 0 radical (unpaired) electrons. The van der Waals surface area contributed by atoms with Gasteiger partial charge in [-0.3, -0.25) is 14.2 Å². The molecule has 0 fully saturated rings. The lowest BCUT2D eigenvalue weighted by Gasteiger charge is -2.11. The molecule has 5 aromatic rings. The Hall–Kier alpha value is -4.27. The van der Waals surface area contributed by atoms with E-state index in [2.05, 4.69) is 20.4 Å². The molecule has 0 spiro atoms. The normalized spacial score (nSPS) is 11.4. The molecule has 9 heteroatoms. The SMILES string of the molecule is CCCc1noc(Cn2cnc3c4cc(C)ccc4n(CC(=O)Nc4ccc(C)cc4C)c3c2=O)n1. The number of rotatable bonds is 7. The second-order valence-corrected chi connectivity index (χ2v) is 9.20. The van der Waals surface area contributed by atoms with Gasteiger partial charge >= 0.3 is 0 Å². The molecule has 1 amide bonds. The molecular formula is C27H28N6O3. The van der Waals surface area contributed by atoms with Gasteiger partial charge in [0.05, 0.1) is 11.8 Å². The van der Waals surface area contributed by atoms with Crippen LogP contribution in [0.5, 0.6) is 0 Å². The van der Waals surface area contributed by atoms with Crippen molar-refractivity contribution in [3.05, 3.63) is 81.5 Å². The topological polar surface area (TPSA) is 108 Å². The quantitative estimate of drug-likeness (QED) is 0.369. The minimum Gasteiger partial charge on any atom is -0.337 e. The Bertz CT molecular complexity index is 1660. The van der Waals surface area contributed by atoms with Gasteiger partial charge in [-0.2, -0.15) is 4.98 Å². The van der Waals surface area contributed by atoms with E-state index in [1.807, 2.05) is 64.1 Å². The molecule has 0 aliphatic carbocycles. The number of aryl methyl sites for hydroxylation is 4. The van der Waals surface area contributed by atoms with Crippen molar-refractivity contribution in [3.8, 4) is 0 Å². The Labute approximate surface area is 207 Å². The average Bonchev–Trinajstić information content (AvgIpc) is 3.40. The molecular weight excluding hydrogens is 456 g/mol. The summed E-state index contributed by atoms with van der Waals surface area (Å²) in [6.45, 7) is 8.06. The van der Waals surface area contributed by atoms with E-state index in [-0.39, 0.29) is 24.6 Å². The van der Waals surface area contributed by atoms with Gasteiger partial charge in [-0.25, -0.2) is 4.98 Å². The van der Waals surface area contributed by atoms with Crippen molar-refractivity contribution in [1.29, 1.82) is 0 Å². The van der Waals surface area contributed by atoms with Gasteiger partial charge in [0.2, 0.25) is 11.8 Å². The largest absolute Gasteiger partial charge is 0.337 e. The van der Waals surface area contributed by atoms with E-state index in [1.165, 1.54) is 10.9 Å². The molecule has 3 aromatic heterocycles. The van der Waals surface area contributed by atoms with E-state index in [4.69, 9.17) is 4.52 Å². The van der Waals surface area contributed by atoms with Crippen molar-refractivity contribution in [2.45, 2.75) is 53.6 Å². The predicted molar refractivity (Wildman–Crippen MR) is 138 cm³/mol. The number of amides is 1. The Morgan fingerprint density at radius 3 is 2.64 bits per heavy atom. The van der Waals surface area contributed by atoms with Crippen molar-refractivity contribution in [2.24, 2.45) is 0 Å². The lowest BCUT2D eigenvalue weighted by molar-refractivity contribution is -0.116. The summed E-state index contributed by atoms with van der Waals surface area (Å²) < 4.78 is 8.51. The summed E-state index contributed by atoms with van der Waals surface area (Å²) in [5.74, 6) is 0.729. The minimum atomic E-state index is -0.275. The summed E-state index contributed by atoms with van der Waals surface area (Å²) >= 11 is 0. The monoisotopic (exact) mass is 484 g/mol. The van der Waals surface area contributed by atoms with E-state index in [1.54, 1.807) is 4.57 Å². The molecule has 0 bridgehead atoms. The summed E-state index contributed by atoms with van der Waals surface area (Å²) in [7, 11) is 0. The number of hydrogen-bond donors (Lipinski definition) is 1. The number of benzene rings is 2. The van der Waals surface area contributed by atoms with Gasteiger partial charge in [-0.05, 0) is 51.0 Å². The van der Waals surface area contributed by atoms with Crippen LogP contribution in [0.15, 0.2) is 52.0 Å². The van der Waals surface area contributed by atoms with Crippen LogP contribution in [0, 0.1) is 20.8 Å². The van der Waals surface area contributed by atoms with Gasteiger partial charge in [0, 0.05) is 17.5 Å². The molecule has 1 N–H and O–H groups in total. The molecule has 0 saturated carbocycles. The molecule has 9 nitrogen and oxygen atoms in total. The van der Waals surface area contributed by atoms with Crippen LogP contribution in [-0.2, 0) is 24.3 Å². The maximum atomic E-state index is 13.7. The van der Waals surface area contributed by atoms with Gasteiger partial charge in [0.15, 0.2) is 5.82 Å². The van der Waals surface area contributed by atoms with Crippen molar-refractivity contribution in [3.63, 3.8) is 0 Å². The Morgan fingerprint density at radius 2 is 1.86 bits per heavy atom. The Morgan fingerprint density at radius 1 is 1.08 bits per heavy atom. The zero-order chi connectivity index (χ0) is 25.4. The van der Waals surface area contributed by atoms with Crippen LogP contribution >= 0.6 is 0 Å². The van der Waals surface area contributed by atoms with Crippen molar-refractivity contribution >= 4 is 33.5 Å². The number of carbonyl (C=O) groups is 1. The molecule has 0 aliphatic rings. The summed E-state index contributed by atoms with van der Waals surface area (Å²) in [5.41, 5.74) is 5.32. The standard InChI is InChI=1S/C27H28N6O3/c1-5-6-22-30-24(36-31-22)14-32-15-28-25-19-12-17(3)8-10-21(19)33(26(25)27(32)35)13-23(34)29-20-9-7-16(2)11-18(20)4/h7-12,15H,5-6,13-14H2,1-4H3,(H,29,34). The molecule has 0 aliphatic heterocycles. The summed E-state index contributed by atoms with van der Waals surface area (Å²) in [6.07, 6.45) is 3.10. The van der Waals surface area contributed by atoms with Gasteiger partial charge in [-0.15, -0.1) is 0 Å². The number of anilines is 1. The zero-order valence-electron chi connectivity index (χ0n) is 20.8. The van der Waals surface area contributed by atoms with E-state index in [0.717, 1.165) is 39.7 Å². The fraction of sp³-hybridized carbons (Fsp3) is 0.296. The number of aromatic nitrogens is 5. The molecule has 0 unspecified atom stereocenters. The first-order chi connectivity index (χ1) is 17.3. The Kier molecular flexibility index (Phi) is 6.13. The van der Waals surface area contributed by atoms with Crippen molar-refractivity contribution < 1.29 is 9.32 Å². The van der Waals surface area contributed by atoms with E-state index >= 15 is 0 Å². The first-order valence-corrected chi connectivity index (χ1v) is 12.0. The van der Waals surface area contributed by atoms with Crippen LogP contribution in [0.2, 0.25) is 0 Å². The highest BCUT2D eigenvalue weighted by Gasteiger charge is 2.20. The number of nitrogens with zero attached hydrogens (tertiary/aromatic N) is 5. The lowest BCUT2D eigenvalue weighted by atomic mass is 10.1. The minimum absolute atomic E-state index is 0.0292. The number of carbonyl (C=O) groups excluding carboxylic acids is 1. The zero-order valence-corrected chi connectivity index (χ0v) is 20.8. The van der Waals surface area contributed by atoms with Gasteiger partial charge in [0.25, 0.3) is 5.56 Å². The summed E-state index contributed by atoms with van der Waals surface area (Å²) in [4.78, 5) is 35.8. The van der Waals surface area contributed by atoms with Crippen LogP contribution in [0.3, 0.4) is 0 Å². The fourth-order valence-corrected chi connectivity index (χ4v) is 4.50. The van der Waals surface area contributed by atoms with Crippen molar-refractivity contribution in [2.75, 3.05) is 5.32 Å². The third-order valence-electron chi connectivity index (χ3n) is 6.23. The second-order valence-electron chi connectivity index (χ2n) is 9.20. The van der Waals surface area contributed by atoms with Crippen LogP contribution in [0.4, 0.5) is 5.69 Å². The van der Waals surface area contributed by atoms with Gasteiger partial charge in [0.1, 0.15) is 24.1 Å². The maximum absolute atomic E-state index is 13.7. The lowest BCUT2D eigenvalue weighted by Crippen LogP contribution is -2.25. The highest BCUT2D eigenvalue weighted by Crippen LogP contribution is 2.27. The molecule has 0 atom stereocenters. The van der Waals surface area contributed by atoms with Crippen molar-refractivity contribution in [1.82, 2.24) is 24.3 Å². The maximum Gasteiger partial charge on any atom is 0.278 e. The molecule has 0 saturated heterocycles. The fourth-order valence-electron chi connectivity index (χ4n) is 4.50. The van der Waals surface area contributed by atoms with E-state index in [0.29, 0.717) is 29.2 Å². The molecule has 184 valence electrons. The third-order valence-corrected chi connectivity index (χ3v) is 6.23.